The first-order chi connectivity index (χ1) is 17.3. The first kappa shape index (κ1) is 26.8. The minimum atomic E-state index is -0.600. The number of nitrogens with zero attached hydrogens (tertiary/aromatic N) is 2. The average molecular weight is 528 g/mol. The van der Waals surface area contributed by atoms with Gasteiger partial charge in [-0.15, -0.1) is 6.58 Å². The molecular weight excluding hydrogens is 491 g/mol. The second-order valence-electron chi connectivity index (χ2n) is 10.5. The molecule has 2 aromatic rings. The number of likely N-dealkylation sites (tertiary alicyclic amines) is 2. The van der Waals surface area contributed by atoms with Crippen molar-refractivity contribution < 1.29 is 9.59 Å². The van der Waals surface area contributed by atoms with Gasteiger partial charge in [0.2, 0.25) is 11.8 Å². The van der Waals surface area contributed by atoms with E-state index in [9.17, 15) is 9.59 Å². The smallest absolute Gasteiger partial charge is 0.229 e. The maximum atomic E-state index is 14.4. The fraction of sp³-hybridized carbons (Fsp3) is 0.467. The number of piperidine rings is 2. The predicted octanol–water partition coefficient (Wildman–Crippen LogP) is 7.42. The number of amides is 2. The fourth-order valence-electron chi connectivity index (χ4n) is 6.01. The number of benzene rings is 2. The summed E-state index contributed by atoms with van der Waals surface area (Å²) < 4.78 is 0. The van der Waals surface area contributed by atoms with E-state index in [-0.39, 0.29) is 29.8 Å². The Hall–Kier alpha value is -2.30. The lowest BCUT2D eigenvalue weighted by atomic mass is 9.67. The van der Waals surface area contributed by atoms with Crippen LogP contribution in [0, 0.1) is 5.41 Å². The highest BCUT2D eigenvalue weighted by Crippen LogP contribution is 2.52. The van der Waals surface area contributed by atoms with Crippen molar-refractivity contribution in [1.82, 2.24) is 9.80 Å². The van der Waals surface area contributed by atoms with Crippen LogP contribution in [-0.4, -0.2) is 40.7 Å². The summed E-state index contributed by atoms with van der Waals surface area (Å²) in [6, 6.07) is 15.5. The Balaban J connectivity index is 1.84. The molecule has 0 spiro atoms. The van der Waals surface area contributed by atoms with Gasteiger partial charge in [-0.25, -0.2) is 0 Å². The van der Waals surface area contributed by atoms with Crippen LogP contribution in [0.25, 0.3) is 0 Å². The molecule has 0 radical (unpaired) electrons. The third-order valence-electron chi connectivity index (χ3n) is 7.90. The van der Waals surface area contributed by atoms with Crippen LogP contribution >= 0.6 is 23.2 Å². The quantitative estimate of drug-likeness (QED) is 0.335. The lowest BCUT2D eigenvalue weighted by Gasteiger charge is -2.52. The Morgan fingerprint density at radius 3 is 2.47 bits per heavy atom. The van der Waals surface area contributed by atoms with Crippen molar-refractivity contribution in [3.8, 4) is 0 Å². The van der Waals surface area contributed by atoms with Gasteiger partial charge in [0.15, 0.2) is 0 Å². The molecule has 0 aliphatic carbocycles. The highest BCUT2D eigenvalue weighted by molar-refractivity contribution is 6.30. The number of allylic oxidation sites excluding steroid dienone is 1. The number of hydrogen-bond donors (Lipinski definition) is 0. The van der Waals surface area contributed by atoms with Crippen LogP contribution in [0.5, 0.6) is 0 Å². The number of carbonyl (C=O) groups is 2. The number of carbonyl (C=O) groups excluding carboxylic acids is 2. The van der Waals surface area contributed by atoms with Gasteiger partial charge in [-0.05, 0) is 67.5 Å². The van der Waals surface area contributed by atoms with E-state index in [0.29, 0.717) is 35.9 Å². The van der Waals surface area contributed by atoms with Crippen molar-refractivity contribution in [1.29, 1.82) is 0 Å². The van der Waals surface area contributed by atoms with E-state index in [1.54, 1.807) is 0 Å². The van der Waals surface area contributed by atoms with Crippen LogP contribution in [0.2, 0.25) is 10.0 Å². The second kappa shape index (κ2) is 11.4. The highest BCUT2D eigenvalue weighted by Gasteiger charge is 2.51. The van der Waals surface area contributed by atoms with Gasteiger partial charge in [0.05, 0.1) is 11.5 Å². The molecule has 4 rings (SSSR count). The molecule has 2 fully saturated rings. The standard InChI is InChI=1S/C30H36Cl2N2O2/c1-4-16-30(3)19-26(22-9-8-10-24(32)18-22)28(21-12-14-23(31)15-13-21)34(29(30)36)25(5-2)20-33-17-7-6-11-27(33)35/h4,8-10,12-15,18,25-26,28H,1,5-7,11,16-17,19-20H2,2-3H3/t25-,26+,28+,30-/m0/s1. The molecule has 4 nitrogen and oxygen atoms in total. The van der Waals surface area contributed by atoms with Crippen LogP contribution in [0.3, 0.4) is 0 Å². The molecule has 0 bridgehead atoms. The van der Waals surface area contributed by atoms with Crippen molar-refractivity contribution in [2.75, 3.05) is 13.1 Å². The molecule has 0 unspecified atom stereocenters. The minimum Gasteiger partial charge on any atom is -0.341 e. The summed E-state index contributed by atoms with van der Waals surface area (Å²) in [5, 5.41) is 1.34. The molecule has 4 atom stereocenters. The van der Waals surface area contributed by atoms with Crippen molar-refractivity contribution in [3.05, 3.63) is 82.4 Å². The third-order valence-corrected chi connectivity index (χ3v) is 8.39. The Morgan fingerprint density at radius 1 is 1.08 bits per heavy atom. The summed E-state index contributed by atoms with van der Waals surface area (Å²) in [4.78, 5) is 31.2. The first-order valence-corrected chi connectivity index (χ1v) is 13.8. The summed E-state index contributed by atoms with van der Waals surface area (Å²) in [5.74, 6) is 0.336. The average Bonchev–Trinajstić information content (AvgIpc) is 2.86. The summed E-state index contributed by atoms with van der Waals surface area (Å²) in [5.41, 5.74) is 1.55. The largest absolute Gasteiger partial charge is 0.341 e. The number of rotatable bonds is 8. The van der Waals surface area contributed by atoms with Crippen LogP contribution < -0.4 is 0 Å². The van der Waals surface area contributed by atoms with Gasteiger partial charge in [-0.1, -0.05) is 67.4 Å². The molecule has 2 amide bonds. The van der Waals surface area contributed by atoms with Gasteiger partial charge < -0.3 is 9.80 Å². The molecule has 0 saturated carbocycles. The number of hydrogen-bond acceptors (Lipinski definition) is 2. The van der Waals surface area contributed by atoms with E-state index in [2.05, 4.69) is 31.4 Å². The highest BCUT2D eigenvalue weighted by atomic mass is 35.5. The fourth-order valence-corrected chi connectivity index (χ4v) is 6.34. The second-order valence-corrected chi connectivity index (χ2v) is 11.4. The van der Waals surface area contributed by atoms with Crippen LogP contribution in [0.15, 0.2) is 61.2 Å². The molecule has 2 aliphatic rings. The SMILES string of the molecule is C=CC[C@@]1(C)C[C@H](c2cccc(Cl)c2)[C@@H](c2ccc(Cl)cc2)N([C@@H](CC)CN2CCCCC2=O)C1=O. The maximum Gasteiger partial charge on any atom is 0.229 e. The summed E-state index contributed by atoms with van der Waals surface area (Å²) >= 11 is 12.7. The van der Waals surface area contributed by atoms with E-state index in [4.69, 9.17) is 23.2 Å². The molecule has 2 aliphatic heterocycles. The minimum absolute atomic E-state index is 0.0265. The lowest BCUT2D eigenvalue weighted by molar-refractivity contribution is -0.156. The predicted molar refractivity (Wildman–Crippen MR) is 147 cm³/mol. The Morgan fingerprint density at radius 2 is 1.83 bits per heavy atom. The van der Waals surface area contributed by atoms with Gasteiger partial charge in [-0.2, -0.15) is 0 Å². The van der Waals surface area contributed by atoms with Gasteiger partial charge in [0.25, 0.3) is 0 Å². The van der Waals surface area contributed by atoms with E-state index in [1.807, 2.05) is 53.4 Å². The summed E-state index contributed by atoms with van der Waals surface area (Å²) in [6.45, 7) is 9.44. The third kappa shape index (κ3) is 5.50. The molecule has 0 aromatic heterocycles. The van der Waals surface area contributed by atoms with Gasteiger partial charge >= 0.3 is 0 Å². The monoisotopic (exact) mass is 526 g/mol. The van der Waals surface area contributed by atoms with E-state index in [1.165, 1.54) is 0 Å². The van der Waals surface area contributed by atoms with Gasteiger partial charge in [-0.3, -0.25) is 9.59 Å². The molecule has 2 heterocycles. The topological polar surface area (TPSA) is 40.6 Å². The molecule has 2 saturated heterocycles. The van der Waals surface area contributed by atoms with E-state index in [0.717, 1.165) is 36.9 Å². The van der Waals surface area contributed by atoms with Gasteiger partial charge in [0.1, 0.15) is 0 Å². The van der Waals surface area contributed by atoms with Crippen molar-refractivity contribution in [2.45, 2.75) is 70.4 Å². The van der Waals surface area contributed by atoms with Crippen LogP contribution in [-0.2, 0) is 9.59 Å². The zero-order chi connectivity index (χ0) is 25.9. The van der Waals surface area contributed by atoms with Crippen molar-refractivity contribution in [2.24, 2.45) is 5.41 Å². The Bertz CT molecular complexity index is 1100. The molecule has 2 aromatic carbocycles. The molecule has 0 N–H and O–H groups in total. The molecular formula is C30H36Cl2N2O2. The summed E-state index contributed by atoms with van der Waals surface area (Å²) in [7, 11) is 0. The Labute approximate surface area is 225 Å². The van der Waals surface area contributed by atoms with Crippen molar-refractivity contribution >= 4 is 35.0 Å². The lowest BCUT2D eigenvalue weighted by Crippen LogP contribution is -2.58. The molecule has 192 valence electrons. The zero-order valence-corrected chi connectivity index (χ0v) is 22.8. The number of halogens is 2. The first-order valence-electron chi connectivity index (χ1n) is 13.0. The summed E-state index contributed by atoms with van der Waals surface area (Å²) in [6.07, 6.45) is 6.42. The molecule has 6 heteroatoms. The maximum absolute atomic E-state index is 14.4. The zero-order valence-electron chi connectivity index (χ0n) is 21.3. The van der Waals surface area contributed by atoms with Gasteiger partial charge in [0, 0.05) is 41.5 Å². The molecule has 36 heavy (non-hydrogen) atoms. The Kier molecular flexibility index (Phi) is 8.47. The van der Waals surface area contributed by atoms with E-state index >= 15 is 0 Å². The van der Waals surface area contributed by atoms with Crippen molar-refractivity contribution in [3.63, 3.8) is 0 Å². The van der Waals surface area contributed by atoms with Crippen LogP contribution in [0.1, 0.15) is 75.5 Å². The van der Waals surface area contributed by atoms with E-state index < -0.39 is 5.41 Å². The van der Waals surface area contributed by atoms with Crippen LogP contribution in [0.4, 0.5) is 0 Å². The normalized spacial score (nSPS) is 25.7.